The van der Waals surface area contributed by atoms with Gasteiger partial charge < -0.3 is 14.5 Å². The topological polar surface area (TPSA) is 92.9 Å². The van der Waals surface area contributed by atoms with Crippen LogP contribution in [0.25, 0.3) is 16.9 Å². The van der Waals surface area contributed by atoms with Gasteiger partial charge in [-0.05, 0) is 36.9 Å². The Morgan fingerprint density at radius 3 is 2.44 bits per heavy atom. The first kappa shape index (κ1) is 24.2. The molecule has 1 aliphatic rings. The van der Waals surface area contributed by atoms with E-state index in [4.69, 9.17) is 9.84 Å². The summed E-state index contributed by atoms with van der Waals surface area (Å²) in [6, 6.07) is 13.1. The molecular weight excluding hydrogens is 476 g/mol. The van der Waals surface area contributed by atoms with E-state index < -0.39 is 9.84 Å². The third-order valence-electron chi connectivity index (χ3n) is 6.63. The average Bonchev–Trinajstić information content (AvgIpc) is 3.32. The second-order valence-corrected chi connectivity index (χ2v) is 11.3. The number of sulfone groups is 1. The van der Waals surface area contributed by atoms with Crippen molar-refractivity contribution < 1.29 is 13.2 Å². The van der Waals surface area contributed by atoms with E-state index in [1.165, 1.54) is 0 Å². The van der Waals surface area contributed by atoms with Crippen LogP contribution in [0, 0.1) is 0 Å². The third-order valence-corrected chi connectivity index (χ3v) is 8.38. The molecule has 0 saturated carbocycles. The molecule has 0 spiro atoms. The second kappa shape index (κ2) is 9.87. The van der Waals surface area contributed by atoms with Crippen LogP contribution in [-0.2, 0) is 16.3 Å². The van der Waals surface area contributed by atoms with Crippen LogP contribution in [0.4, 0.5) is 5.69 Å². The predicted molar refractivity (Wildman–Crippen MR) is 139 cm³/mol. The molecule has 0 atom stereocenters. The van der Waals surface area contributed by atoms with Crippen LogP contribution < -0.4 is 9.64 Å². The highest BCUT2D eigenvalue weighted by Crippen LogP contribution is 2.31. The van der Waals surface area contributed by atoms with Crippen LogP contribution in [0.3, 0.4) is 0 Å². The fourth-order valence-electron chi connectivity index (χ4n) is 4.45. The lowest BCUT2D eigenvalue weighted by Crippen LogP contribution is -2.44. The van der Waals surface area contributed by atoms with Crippen molar-refractivity contribution in [2.75, 3.05) is 51.0 Å². The number of aromatic nitrogens is 4. The molecule has 0 bridgehead atoms. The maximum absolute atomic E-state index is 12.2. The molecule has 0 amide bonds. The minimum atomic E-state index is -3.25. The average molecular weight is 507 g/mol. The summed E-state index contributed by atoms with van der Waals surface area (Å²) in [7, 11) is 0.596. The number of benzene rings is 2. The van der Waals surface area contributed by atoms with Gasteiger partial charge >= 0.3 is 0 Å². The molecule has 1 saturated heterocycles. The Balaban J connectivity index is 1.41. The Bertz CT molecular complexity index is 1480. The molecule has 1 aliphatic heterocycles. The lowest BCUT2D eigenvalue weighted by atomic mass is 10.1. The fourth-order valence-corrected chi connectivity index (χ4v) is 5.34. The first-order valence-corrected chi connectivity index (χ1v) is 13.7. The first-order valence-electron chi connectivity index (χ1n) is 12.0. The van der Waals surface area contributed by atoms with Crippen molar-refractivity contribution >= 4 is 21.2 Å². The summed E-state index contributed by atoms with van der Waals surface area (Å²) < 4.78 is 31.8. The minimum Gasteiger partial charge on any atom is -0.495 e. The molecule has 0 unspecified atom stereocenters. The molecule has 5 rings (SSSR count). The fraction of sp³-hybridized carbons (Fsp3) is 0.346. The number of piperazine rings is 1. The molecule has 3 heterocycles. The van der Waals surface area contributed by atoms with E-state index in [9.17, 15) is 8.42 Å². The lowest BCUT2D eigenvalue weighted by molar-refractivity contribution is 0.311. The third kappa shape index (κ3) is 4.78. The molecule has 4 aromatic rings. The van der Waals surface area contributed by atoms with Crippen LogP contribution in [0.15, 0.2) is 59.8 Å². The maximum atomic E-state index is 12.2. The molecule has 0 aliphatic carbocycles. The number of hydrogen-bond acceptors (Lipinski definition) is 8. The summed E-state index contributed by atoms with van der Waals surface area (Å²) in [6.45, 7) is 5.65. The molecule has 0 N–H and O–H groups in total. The van der Waals surface area contributed by atoms with Crippen molar-refractivity contribution in [1.29, 1.82) is 0 Å². The highest BCUT2D eigenvalue weighted by atomic mass is 32.2. The number of anilines is 1. The maximum Gasteiger partial charge on any atom is 0.178 e. The predicted octanol–water partition coefficient (Wildman–Crippen LogP) is 2.94. The molecule has 2 aromatic carbocycles. The molecule has 36 heavy (non-hydrogen) atoms. The quantitative estimate of drug-likeness (QED) is 0.378. The van der Waals surface area contributed by atoms with E-state index in [-0.39, 0.29) is 5.75 Å². The number of methoxy groups -OCH3 is 1. The highest BCUT2D eigenvalue weighted by Gasteiger charge is 2.19. The first-order chi connectivity index (χ1) is 17.4. The molecule has 10 heteroatoms. The van der Waals surface area contributed by atoms with Gasteiger partial charge in [-0.3, -0.25) is 4.98 Å². The van der Waals surface area contributed by atoms with Gasteiger partial charge in [0.05, 0.1) is 41.5 Å². The van der Waals surface area contributed by atoms with Gasteiger partial charge in [-0.15, -0.1) is 0 Å². The molecule has 188 valence electrons. The van der Waals surface area contributed by atoms with E-state index in [2.05, 4.69) is 45.0 Å². The van der Waals surface area contributed by atoms with Crippen molar-refractivity contribution in [3.05, 3.63) is 66.2 Å². The Kier molecular flexibility index (Phi) is 6.63. The van der Waals surface area contributed by atoms with Crippen LogP contribution in [0.2, 0.25) is 0 Å². The van der Waals surface area contributed by atoms with Gasteiger partial charge in [0.25, 0.3) is 0 Å². The van der Waals surface area contributed by atoms with Gasteiger partial charge in [0.1, 0.15) is 5.75 Å². The Morgan fingerprint density at radius 1 is 1.00 bits per heavy atom. The molecule has 2 aromatic heterocycles. The highest BCUT2D eigenvalue weighted by molar-refractivity contribution is 7.91. The van der Waals surface area contributed by atoms with Gasteiger partial charge in [0.15, 0.2) is 21.3 Å². The summed E-state index contributed by atoms with van der Waals surface area (Å²) >= 11 is 0. The minimum absolute atomic E-state index is 0.0665. The number of nitrogens with zero attached hydrogens (tertiary/aromatic N) is 6. The van der Waals surface area contributed by atoms with E-state index in [1.807, 2.05) is 0 Å². The van der Waals surface area contributed by atoms with Crippen LogP contribution in [0.5, 0.6) is 5.75 Å². The van der Waals surface area contributed by atoms with E-state index in [0.717, 1.165) is 54.4 Å². The smallest absolute Gasteiger partial charge is 0.178 e. The summed E-state index contributed by atoms with van der Waals surface area (Å²) in [5.41, 5.74) is 4.36. The zero-order valence-corrected chi connectivity index (χ0v) is 21.6. The standard InChI is InChI=1S/C26H30N6O3S/c1-4-36(33,34)21-8-6-20(7-9-21)23-17-27-18-26-28-25(29-32(23)26)16-19-5-10-22(24(15-19)35-3)31-13-11-30(2)12-14-31/h5-10,15,17-18H,4,11-14,16H2,1-3H3. The van der Waals surface area contributed by atoms with Crippen LogP contribution in [-0.4, -0.2) is 79.0 Å². The summed E-state index contributed by atoms with van der Waals surface area (Å²) in [4.78, 5) is 14.0. The van der Waals surface area contributed by atoms with Gasteiger partial charge in [-0.25, -0.2) is 17.9 Å². The number of fused-ring (bicyclic) bond motifs is 1. The van der Waals surface area contributed by atoms with Crippen LogP contribution >= 0.6 is 0 Å². The number of hydrogen-bond donors (Lipinski definition) is 0. The zero-order chi connectivity index (χ0) is 25.3. The van der Waals surface area contributed by atoms with E-state index in [0.29, 0.717) is 22.8 Å². The SMILES string of the molecule is CCS(=O)(=O)c1ccc(-c2cncc3nc(Cc4ccc(N5CCN(C)CC5)c(OC)c4)nn23)cc1. The Labute approximate surface area is 211 Å². The molecular formula is C26H30N6O3S. The van der Waals surface area contributed by atoms with Crippen molar-refractivity contribution in [1.82, 2.24) is 24.5 Å². The van der Waals surface area contributed by atoms with Gasteiger partial charge in [-0.1, -0.05) is 25.1 Å². The van der Waals surface area contributed by atoms with Crippen LogP contribution in [0.1, 0.15) is 18.3 Å². The van der Waals surface area contributed by atoms with Crippen molar-refractivity contribution in [3.63, 3.8) is 0 Å². The van der Waals surface area contributed by atoms with E-state index in [1.54, 1.807) is 55.2 Å². The van der Waals surface area contributed by atoms with Crippen molar-refractivity contribution in [3.8, 4) is 17.0 Å². The zero-order valence-electron chi connectivity index (χ0n) is 20.8. The normalized spacial score (nSPS) is 14.9. The Morgan fingerprint density at radius 2 is 1.75 bits per heavy atom. The number of likely N-dealkylation sites (N-methyl/N-ethyl adjacent to an activating group) is 1. The van der Waals surface area contributed by atoms with Crippen molar-refractivity contribution in [2.45, 2.75) is 18.2 Å². The lowest BCUT2D eigenvalue weighted by Gasteiger charge is -2.34. The molecule has 1 fully saturated rings. The monoisotopic (exact) mass is 506 g/mol. The molecule has 9 nitrogen and oxygen atoms in total. The summed E-state index contributed by atoms with van der Waals surface area (Å²) in [5, 5.41) is 4.74. The van der Waals surface area contributed by atoms with Gasteiger partial charge in [0.2, 0.25) is 0 Å². The Hall–Kier alpha value is -3.50. The van der Waals surface area contributed by atoms with Gasteiger partial charge in [0, 0.05) is 38.2 Å². The number of rotatable bonds is 7. The molecule has 0 radical (unpaired) electrons. The summed E-state index contributed by atoms with van der Waals surface area (Å²) in [5.74, 6) is 1.59. The number of ether oxygens (including phenoxy) is 1. The summed E-state index contributed by atoms with van der Waals surface area (Å²) in [6.07, 6.45) is 3.93. The van der Waals surface area contributed by atoms with Crippen molar-refractivity contribution in [2.24, 2.45) is 0 Å². The second-order valence-electron chi connectivity index (χ2n) is 8.99. The van der Waals surface area contributed by atoms with E-state index >= 15 is 0 Å². The largest absolute Gasteiger partial charge is 0.495 e. The van der Waals surface area contributed by atoms with Gasteiger partial charge in [-0.2, -0.15) is 5.10 Å².